The molecule has 0 saturated carbocycles. The Morgan fingerprint density at radius 3 is 2.41 bits per heavy atom. The lowest BCUT2D eigenvalue weighted by atomic mass is 9.94. The van der Waals surface area contributed by atoms with Crippen LogP contribution in [-0.4, -0.2) is 28.1 Å². The first kappa shape index (κ1) is 22.3. The van der Waals surface area contributed by atoms with Crippen LogP contribution in [0.3, 0.4) is 0 Å². The second-order valence-electron chi connectivity index (χ2n) is 9.61. The highest BCUT2D eigenvalue weighted by atomic mass is 16.2. The number of carbonyl (C=O) groups excluding carboxylic acids is 2. The van der Waals surface area contributed by atoms with Crippen molar-refractivity contribution in [1.29, 1.82) is 0 Å². The molecule has 0 aliphatic carbocycles. The van der Waals surface area contributed by atoms with Crippen molar-refractivity contribution in [2.24, 2.45) is 5.92 Å². The van der Waals surface area contributed by atoms with Crippen LogP contribution in [0.4, 0.5) is 11.5 Å². The van der Waals surface area contributed by atoms with Gasteiger partial charge in [-0.2, -0.15) is 0 Å². The number of hydrogen-bond donors (Lipinski definition) is 0. The first-order valence-electron chi connectivity index (χ1n) is 12.3. The molecule has 174 valence electrons. The summed E-state index contributed by atoms with van der Waals surface area (Å²) in [5.74, 6) is 1.12. The minimum Gasteiger partial charge on any atom is -0.330 e. The van der Waals surface area contributed by atoms with Crippen LogP contribution in [-0.2, 0) is 25.9 Å². The van der Waals surface area contributed by atoms with Crippen LogP contribution in [0.15, 0.2) is 54.7 Å². The van der Waals surface area contributed by atoms with Crippen LogP contribution in [0.2, 0.25) is 0 Å². The van der Waals surface area contributed by atoms with E-state index in [-0.39, 0.29) is 17.6 Å². The van der Waals surface area contributed by atoms with Crippen molar-refractivity contribution in [3.05, 3.63) is 88.1 Å². The molecule has 2 aliphatic rings. The maximum atomic E-state index is 13.2. The molecule has 0 spiro atoms. The van der Waals surface area contributed by atoms with Gasteiger partial charge in [-0.1, -0.05) is 45.0 Å². The van der Waals surface area contributed by atoms with Gasteiger partial charge in [-0.3, -0.25) is 9.59 Å². The topological polar surface area (TPSA) is 53.5 Å². The molecule has 0 radical (unpaired) electrons. The lowest BCUT2D eigenvalue weighted by Gasteiger charge is -2.31. The molecule has 3 aromatic rings. The fourth-order valence-corrected chi connectivity index (χ4v) is 5.08. The highest BCUT2D eigenvalue weighted by Crippen LogP contribution is 2.34. The van der Waals surface area contributed by atoms with Gasteiger partial charge < -0.3 is 9.80 Å². The summed E-state index contributed by atoms with van der Waals surface area (Å²) in [5.41, 5.74) is 7.15. The number of rotatable bonds is 5. The predicted molar refractivity (Wildman–Crippen MR) is 135 cm³/mol. The number of pyridine rings is 1. The van der Waals surface area contributed by atoms with Crippen molar-refractivity contribution in [2.45, 2.75) is 53.1 Å². The van der Waals surface area contributed by atoms with Crippen molar-refractivity contribution in [3.8, 4) is 0 Å². The van der Waals surface area contributed by atoms with E-state index in [2.05, 4.69) is 30.0 Å². The lowest BCUT2D eigenvalue weighted by Crippen LogP contribution is -2.28. The maximum Gasteiger partial charge on any atom is 0.256 e. The summed E-state index contributed by atoms with van der Waals surface area (Å²) in [6.45, 7) is 8.15. The predicted octanol–water partition coefficient (Wildman–Crippen LogP) is 5.72. The molecule has 0 atom stereocenters. The second-order valence-corrected chi connectivity index (χ2v) is 9.61. The smallest absolute Gasteiger partial charge is 0.256 e. The van der Waals surface area contributed by atoms with E-state index in [0.29, 0.717) is 18.7 Å². The molecule has 2 aliphatic heterocycles. The van der Waals surface area contributed by atoms with Crippen molar-refractivity contribution >= 4 is 23.2 Å². The number of carbonyl (C=O) groups is 2. The number of fused-ring (bicyclic) bond motifs is 2. The van der Waals surface area contributed by atoms with E-state index in [1.54, 1.807) is 6.20 Å². The third-order valence-electron chi connectivity index (χ3n) is 6.97. The summed E-state index contributed by atoms with van der Waals surface area (Å²) in [4.78, 5) is 34.8. The molecule has 1 aromatic heterocycles. The number of benzene rings is 2. The quantitative estimate of drug-likeness (QED) is 0.464. The molecule has 0 bridgehead atoms. The van der Waals surface area contributed by atoms with Crippen LogP contribution in [0.5, 0.6) is 0 Å². The van der Waals surface area contributed by atoms with Gasteiger partial charge in [0.1, 0.15) is 5.82 Å². The first-order chi connectivity index (χ1) is 16.5. The Balaban J connectivity index is 1.41. The first-order valence-corrected chi connectivity index (χ1v) is 12.3. The zero-order valence-corrected chi connectivity index (χ0v) is 20.2. The van der Waals surface area contributed by atoms with Gasteiger partial charge in [0.15, 0.2) is 5.78 Å². The molecular formula is C29H31N3O2. The standard InChI is InChI=1S/C29H31N3O2/c1-4-20-15-25(11-12-26(20)27(33)19(2)3)32-13-7-10-21-14-24(16-30-28(21)32)29(34)31-17-22-8-5-6-9-23(22)18-31/h5-6,8-9,11-12,14-16,19H,4,7,10,13,17-18H2,1-3H3. The van der Waals surface area contributed by atoms with Crippen molar-refractivity contribution < 1.29 is 9.59 Å². The number of aryl methyl sites for hydroxylation is 2. The number of nitrogens with zero attached hydrogens (tertiary/aromatic N) is 3. The molecule has 1 amide bonds. The monoisotopic (exact) mass is 453 g/mol. The summed E-state index contributed by atoms with van der Waals surface area (Å²) in [6, 6.07) is 16.4. The summed E-state index contributed by atoms with van der Waals surface area (Å²) in [7, 11) is 0. The van der Waals surface area contributed by atoms with Gasteiger partial charge in [-0.25, -0.2) is 4.98 Å². The van der Waals surface area contributed by atoms with Crippen LogP contribution in [0.1, 0.15) is 70.2 Å². The van der Waals surface area contributed by atoms with Crippen molar-refractivity contribution in [3.63, 3.8) is 0 Å². The number of Topliss-reactive ketones (excluding diaryl/α,β-unsaturated/α-hetero) is 1. The fraction of sp³-hybridized carbons (Fsp3) is 0.345. The van der Waals surface area contributed by atoms with Gasteiger partial charge >= 0.3 is 0 Å². The highest BCUT2D eigenvalue weighted by molar-refractivity contribution is 5.99. The Morgan fingerprint density at radius 1 is 1.00 bits per heavy atom. The van der Waals surface area contributed by atoms with Gasteiger partial charge in [0.2, 0.25) is 0 Å². The van der Waals surface area contributed by atoms with E-state index in [0.717, 1.165) is 54.0 Å². The number of anilines is 2. The van der Waals surface area contributed by atoms with Crippen LogP contribution in [0.25, 0.3) is 0 Å². The SMILES string of the molecule is CCc1cc(N2CCCc3cc(C(=O)N4Cc5ccccc5C4)cnc32)ccc1C(=O)C(C)C. The molecule has 5 heteroatoms. The van der Waals surface area contributed by atoms with Gasteiger partial charge in [0, 0.05) is 43.0 Å². The molecule has 0 N–H and O–H groups in total. The number of aromatic nitrogens is 1. The summed E-state index contributed by atoms with van der Waals surface area (Å²) in [5, 5.41) is 0. The molecule has 5 nitrogen and oxygen atoms in total. The molecule has 34 heavy (non-hydrogen) atoms. The van der Waals surface area contributed by atoms with Crippen molar-refractivity contribution in [1.82, 2.24) is 9.88 Å². The van der Waals surface area contributed by atoms with Gasteiger partial charge in [-0.15, -0.1) is 0 Å². The Bertz CT molecular complexity index is 1240. The summed E-state index contributed by atoms with van der Waals surface area (Å²) in [6.07, 6.45) is 4.43. The zero-order valence-electron chi connectivity index (χ0n) is 20.2. The van der Waals surface area contributed by atoms with Crippen molar-refractivity contribution in [2.75, 3.05) is 11.4 Å². The Kier molecular flexibility index (Phi) is 5.94. The molecule has 0 saturated heterocycles. The molecular weight excluding hydrogens is 422 g/mol. The third-order valence-corrected chi connectivity index (χ3v) is 6.97. The second kappa shape index (κ2) is 9.05. The molecule has 3 heterocycles. The van der Waals surface area contributed by atoms with Gasteiger partial charge in [0.05, 0.1) is 5.56 Å². The van der Waals surface area contributed by atoms with Gasteiger partial charge in [0.25, 0.3) is 5.91 Å². The third kappa shape index (κ3) is 4.00. The van der Waals surface area contributed by atoms with Crippen LogP contribution in [0, 0.1) is 5.92 Å². The zero-order chi connectivity index (χ0) is 23.8. The van der Waals surface area contributed by atoms with E-state index in [9.17, 15) is 9.59 Å². The van der Waals surface area contributed by atoms with Gasteiger partial charge in [-0.05, 0) is 65.8 Å². The maximum absolute atomic E-state index is 13.2. The van der Waals surface area contributed by atoms with Crippen LogP contribution < -0.4 is 4.90 Å². The minimum absolute atomic E-state index is 0.0205. The number of amides is 1. The Labute approximate surface area is 201 Å². The molecule has 5 rings (SSSR count). The Hall–Kier alpha value is -3.47. The largest absolute Gasteiger partial charge is 0.330 e. The fourth-order valence-electron chi connectivity index (χ4n) is 5.08. The van der Waals surface area contributed by atoms with E-state index >= 15 is 0 Å². The van der Waals surface area contributed by atoms with E-state index < -0.39 is 0 Å². The highest BCUT2D eigenvalue weighted by Gasteiger charge is 2.27. The minimum atomic E-state index is -0.0205. The lowest BCUT2D eigenvalue weighted by molar-refractivity contribution is 0.0750. The van der Waals surface area contributed by atoms with E-state index in [1.165, 1.54) is 11.1 Å². The van der Waals surface area contributed by atoms with Crippen LogP contribution >= 0.6 is 0 Å². The number of ketones is 1. The van der Waals surface area contributed by atoms with E-state index in [1.807, 2.05) is 49.1 Å². The van der Waals surface area contributed by atoms with E-state index in [4.69, 9.17) is 4.98 Å². The molecule has 0 unspecified atom stereocenters. The molecule has 2 aromatic carbocycles. The summed E-state index contributed by atoms with van der Waals surface area (Å²) < 4.78 is 0. The number of hydrogen-bond acceptors (Lipinski definition) is 4. The molecule has 0 fully saturated rings. The average Bonchev–Trinajstić information content (AvgIpc) is 3.31. The normalized spacial score (nSPS) is 14.8. The average molecular weight is 454 g/mol. The summed E-state index contributed by atoms with van der Waals surface area (Å²) >= 11 is 0. The Morgan fingerprint density at radius 2 is 1.74 bits per heavy atom.